The van der Waals surface area contributed by atoms with E-state index in [1.165, 1.54) is 25.9 Å². The van der Waals surface area contributed by atoms with E-state index in [4.69, 9.17) is 14.5 Å². The minimum atomic E-state index is 0. The van der Waals surface area contributed by atoms with Crippen LogP contribution in [0, 0.1) is 5.92 Å². The van der Waals surface area contributed by atoms with Crippen LogP contribution in [0.4, 0.5) is 5.69 Å². The summed E-state index contributed by atoms with van der Waals surface area (Å²) in [6, 6.07) is 5.84. The van der Waals surface area contributed by atoms with Gasteiger partial charge in [0.2, 0.25) is 0 Å². The van der Waals surface area contributed by atoms with Crippen molar-refractivity contribution < 1.29 is 9.47 Å². The number of benzene rings is 1. The second-order valence-electron chi connectivity index (χ2n) is 6.76. The van der Waals surface area contributed by atoms with Crippen molar-refractivity contribution in [1.82, 2.24) is 10.2 Å². The maximum absolute atomic E-state index is 5.57. The molecule has 0 aliphatic carbocycles. The van der Waals surface area contributed by atoms with Gasteiger partial charge in [0.15, 0.2) is 17.5 Å². The predicted molar refractivity (Wildman–Crippen MR) is 124 cm³/mol. The molecule has 7 heteroatoms. The molecule has 1 aromatic carbocycles. The molecule has 0 bridgehead atoms. The van der Waals surface area contributed by atoms with Crippen molar-refractivity contribution in [3.8, 4) is 11.5 Å². The van der Waals surface area contributed by atoms with Crippen molar-refractivity contribution in [2.75, 3.05) is 51.8 Å². The van der Waals surface area contributed by atoms with E-state index < -0.39 is 0 Å². The first kappa shape index (κ1) is 23.8. The number of nitrogens with one attached hydrogen (secondary N) is 2. The quantitative estimate of drug-likeness (QED) is 0.313. The molecule has 1 aliphatic heterocycles. The molecule has 0 aromatic heterocycles. The second kappa shape index (κ2) is 13.0. The molecular weight excluding hydrogens is 455 g/mol. The monoisotopic (exact) mass is 490 g/mol. The van der Waals surface area contributed by atoms with Crippen LogP contribution in [0.1, 0.15) is 33.6 Å². The fourth-order valence-corrected chi connectivity index (χ4v) is 3.17. The molecule has 0 spiro atoms. The molecule has 27 heavy (non-hydrogen) atoms. The summed E-state index contributed by atoms with van der Waals surface area (Å²) in [5.74, 6) is 2.81. The Labute approximate surface area is 181 Å². The van der Waals surface area contributed by atoms with E-state index in [0.717, 1.165) is 42.8 Å². The van der Waals surface area contributed by atoms with Crippen LogP contribution in [0.5, 0.6) is 11.5 Å². The number of likely N-dealkylation sites (tertiary alicyclic amines) is 1. The normalized spacial score (nSPS) is 15.8. The molecule has 0 saturated carbocycles. The van der Waals surface area contributed by atoms with Crippen LogP contribution >= 0.6 is 24.0 Å². The Bertz CT molecular complexity index is 577. The molecule has 0 radical (unpaired) electrons. The number of guanidine groups is 1. The molecule has 2 rings (SSSR count). The average Bonchev–Trinajstić information content (AvgIpc) is 3.14. The Hall–Kier alpha value is -1.22. The van der Waals surface area contributed by atoms with Crippen molar-refractivity contribution in [3.05, 3.63) is 18.2 Å². The standard InChI is InChI=1S/C20H34N4O2.HI/c1-5-21-20(22-14-16(3)15-24-11-7-8-12-24)23-17-9-10-18(26-6-2)19(13-17)25-4;/h9-10,13,16H,5-8,11-12,14-15H2,1-4H3,(H2,21,22,23);1H. The number of nitrogens with zero attached hydrogens (tertiary/aromatic N) is 2. The van der Waals surface area contributed by atoms with E-state index in [0.29, 0.717) is 12.5 Å². The van der Waals surface area contributed by atoms with E-state index in [1.807, 2.05) is 25.1 Å². The number of rotatable bonds is 9. The summed E-state index contributed by atoms with van der Waals surface area (Å²) < 4.78 is 11.0. The first-order valence-electron chi connectivity index (χ1n) is 9.74. The SMILES string of the molecule is CCNC(=NCC(C)CN1CCCC1)Nc1ccc(OCC)c(OC)c1.I. The summed E-state index contributed by atoms with van der Waals surface area (Å²) in [4.78, 5) is 7.30. The molecule has 0 amide bonds. The van der Waals surface area contributed by atoms with Gasteiger partial charge in [-0.15, -0.1) is 24.0 Å². The summed E-state index contributed by atoms with van der Waals surface area (Å²) in [6.07, 6.45) is 2.67. The van der Waals surface area contributed by atoms with E-state index in [-0.39, 0.29) is 24.0 Å². The molecule has 6 nitrogen and oxygen atoms in total. The van der Waals surface area contributed by atoms with Crippen LogP contribution in [0.3, 0.4) is 0 Å². The highest BCUT2D eigenvalue weighted by Crippen LogP contribution is 2.30. The summed E-state index contributed by atoms with van der Waals surface area (Å²) in [5.41, 5.74) is 0.928. The summed E-state index contributed by atoms with van der Waals surface area (Å²) >= 11 is 0. The number of hydrogen-bond donors (Lipinski definition) is 2. The zero-order valence-corrected chi connectivity index (χ0v) is 19.4. The minimum absolute atomic E-state index is 0. The lowest BCUT2D eigenvalue weighted by Crippen LogP contribution is -2.32. The van der Waals surface area contributed by atoms with E-state index in [1.54, 1.807) is 7.11 Å². The largest absolute Gasteiger partial charge is 0.493 e. The van der Waals surface area contributed by atoms with Crippen LogP contribution in [-0.2, 0) is 0 Å². The molecule has 154 valence electrons. The van der Waals surface area contributed by atoms with Crippen molar-refractivity contribution >= 4 is 35.6 Å². The first-order chi connectivity index (χ1) is 12.7. The topological polar surface area (TPSA) is 58.1 Å². The molecule has 1 aliphatic rings. The van der Waals surface area contributed by atoms with Crippen LogP contribution in [0.15, 0.2) is 23.2 Å². The summed E-state index contributed by atoms with van der Waals surface area (Å²) in [7, 11) is 1.65. The molecule has 1 aromatic rings. The second-order valence-corrected chi connectivity index (χ2v) is 6.76. The van der Waals surface area contributed by atoms with Gasteiger partial charge in [0.05, 0.1) is 13.7 Å². The fourth-order valence-electron chi connectivity index (χ4n) is 3.17. The molecule has 2 N–H and O–H groups in total. The van der Waals surface area contributed by atoms with Crippen LogP contribution < -0.4 is 20.1 Å². The zero-order valence-electron chi connectivity index (χ0n) is 17.1. The Kier molecular flexibility index (Phi) is 11.5. The number of methoxy groups -OCH3 is 1. The lowest BCUT2D eigenvalue weighted by atomic mass is 10.2. The highest BCUT2D eigenvalue weighted by Gasteiger charge is 2.14. The van der Waals surface area contributed by atoms with E-state index in [9.17, 15) is 0 Å². The van der Waals surface area contributed by atoms with Crippen LogP contribution in [0.25, 0.3) is 0 Å². The number of halogens is 1. The maximum atomic E-state index is 5.57. The van der Waals surface area contributed by atoms with Gasteiger partial charge >= 0.3 is 0 Å². The lowest BCUT2D eigenvalue weighted by Gasteiger charge is -2.19. The lowest BCUT2D eigenvalue weighted by molar-refractivity contribution is 0.291. The van der Waals surface area contributed by atoms with Gasteiger partial charge < -0.3 is 25.0 Å². The molecule has 1 heterocycles. The smallest absolute Gasteiger partial charge is 0.195 e. The van der Waals surface area contributed by atoms with Crippen molar-refractivity contribution in [2.24, 2.45) is 10.9 Å². The van der Waals surface area contributed by atoms with Gasteiger partial charge in [0.25, 0.3) is 0 Å². The van der Waals surface area contributed by atoms with Crippen molar-refractivity contribution in [2.45, 2.75) is 33.6 Å². The molecule has 1 unspecified atom stereocenters. The third-order valence-corrected chi connectivity index (χ3v) is 4.40. The van der Waals surface area contributed by atoms with E-state index in [2.05, 4.69) is 29.4 Å². The van der Waals surface area contributed by atoms with Crippen molar-refractivity contribution in [3.63, 3.8) is 0 Å². The number of anilines is 1. The average molecular weight is 490 g/mol. The summed E-state index contributed by atoms with van der Waals surface area (Å²) in [6.45, 7) is 12.1. The minimum Gasteiger partial charge on any atom is -0.493 e. The number of aliphatic imine (C=N–C) groups is 1. The number of ether oxygens (including phenoxy) is 2. The first-order valence-corrected chi connectivity index (χ1v) is 9.74. The van der Waals surface area contributed by atoms with Crippen molar-refractivity contribution in [1.29, 1.82) is 0 Å². The summed E-state index contributed by atoms with van der Waals surface area (Å²) in [5, 5.41) is 6.67. The highest BCUT2D eigenvalue weighted by atomic mass is 127. The predicted octanol–water partition coefficient (Wildman–Crippen LogP) is 3.82. The molecular formula is C20H35IN4O2. The Morgan fingerprint density at radius 3 is 2.59 bits per heavy atom. The Morgan fingerprint density at radius 1 is 1.22 bits per heavy atom. The van der Waals surface area contributed by atoms with Crippen LogP contribution in [0.2, 0.25) is 0 Å². The van der Waals surface area contributed by atoms with Crippen LogP contribution in [-0.4, -0.2) is 57.3 Å². The van der Waals surface area contributed by atoms with Gasteiger partial charge in [0, 0.05) is 31.4 Å². The third-order valence-electron chi connectivity index (χ3n) is 4.40. The van der Waals surface area contributed by atoms with Gasteiger partial charge in [-0.2, -0.15) is 0 Å². The highest BCUT2D eigenvalue weighted by molar-refractivity contribution is 14.0. The molecule has 1 saturated heterocycles. The molecule has 1 fully saturated rings. The zero-order chi connectivity index (χ0) is 18.8. The van der Waals surface area contributed by atoms with Gasteiger partial charge in [-0.25, -0.2) is 0 Å². The Morgan fingerprint density at radius 2 is 1.96 bits per heavy atom. The van der Waals surface area contributed by atoms with Gasteiger partial charge in [-0.3, -0.25) is 4.99 Å². The number of hydrogen-bond acceptors (Lipinski definition) is 4. The molecule has 1 atom stereocenters. The van der Waals surface area contributed by atoms with Gasteiger partial charge in [0.1, 0.15) is 0 Å². The fraction of sp³-hybridized carbons (Fsp3) is 0.650. The van der Waals surface area contributed by atoms with Gasteiger partial charge in [-0.1, -0.05) is 6.92 Å². The Balaban J connectivity index is 0.00000364. The maximum Gasteiger partial charge on any atom is 0.195 e. The van der Waals surface area contributed by atoms with Gasteiger partial charge in [-0.05, 0) is 57.8 Å². The van der Waals surface area contributed by atoms with E-state index >= 15 is 0 Å². The third kappa shape index (κ3) is 8.13.